The summed E-state index contributed by atoms with van der Waals surface area (Å²) < 4.78 is 25.1. The summed E-state index contributed by atoms with van der Waals surface area (Å²) in [5, 5.41) is 23.4. The Morgan fingerprint density at radius 2 is 1.97 bits per heavy atom. The molecule has 0 atom stereocenters. The van der Waals surface area contributed by atoms with Crippen molar-refractivity contribution < 1.29 is 23.8 Å². The summed E-state index contributed by atoms with van der Waals surface area (Å²) in [5.74, 6) is -0.0297. The number of imidazole rings is 1. The van der Waals surface area contributed by atoms with Crippen molar-refractivity contribution in [2.45, 2.75) is 25.6 Å². The third kappa shape index (κ3) is 7.07. The van der Waals surface area contributed by atoms with Crippen LogP contribution in [0.5, 0.6) is 0 Å². The molecule has 1 amide bonds. The summed E-state index contributed by atoms with van der Waals surface area (Å²) in [4.78, 5) is 29.0. The topological polar surface area (TPSA) is 158 Å². The van der Waals surface area contributed by atoms with Gasteiger partial charge in [-0.05, 0) is 36.8 Å². The minimum atomic E-state index is -0.607. The maximum absolute atomic E-state index is 13.6. The van der Waals surface area contributed by atoms with Crippen molar-refractivity contribution in [1.29, 1.82) is 5.26 Å². The third-order valence-corrected chi connectivity index (χ3v) is 5.63. The molecule has 0 spiro atoms. The lowest BCUT2D eigenvalue weighted by Gasteiger charge is -2.28. The van der Waals surface area contributed by atoms with Crippen LogP contribution in [0.3, 0.4) is 0 Å². The van der Waals surface area contributed by atoms with Gasteiger partial charge >= 0.3 is 0 Å². The number of carbonyl (C=O) groups excluding carboxylic acids is 1. The maximum Gasteiger partial charge on any atom is 0.227 e. The monoisotopic (exact) mass is 509 g/mol. The number of rotatable bonds is 11. The van der Waals surface area contributed by atoms with Crippen LogP contribution in [-0.4, -0.2) is 70.1 Å². The van der Waals surface area contributed by atoms with Crippen LogP contribution in [0.4, 0.5) is 10.3 Å². The van der Waals surface area contributed by atoms with Crippen molar-refractivity contribution in [2.24, 2.45) is 5.92 Å². The van der Waals surface area contributed by atoms with E-state index in [2.05, 4.69) is 25.6 Å². The Bertz CT molecular complexity index is 1220. The van der Waals surface area contributed by atoms with Crippen molar-refractivity contribution in [1.82, 2.24) is 25.3 Å². The van der Waals surface area contributed by atoms with Crippen molar-refractivity contribution >= 4 is 11.9 Å². The first-order valence-corrected chi connectivity index (χ1v) is 12.0. The fraction of sp³-hybridized carbons (Fsp3) is 0.400. The molecule has 0 bridgehead atoms. The van der Waals surface area contributed by atoms with Crippen LogP contribution < -0.4 is 10.6 Å². The van der Waals surface area contributed by atoms with Gasteiger partial charge in [0.15, 0.2) is 6.29 Å². The van der Waals surface area contributed by atoms with Crippen molar-refractivity contribution in [3.05, 3.63) is 48.2 Å². The van der Waals surface area contributed by atoms with Crippen LogP contribution in [-0.2, 0) is 20.7 Å². The number of anilines is 1. The molecule has 0 unspecified atom stereocenters. The minimum absolute atomic E-state index is 0.0588. The van der Waals surface area contributed by atoms with Crippen LogP contribution in [0.2, 0.25) is 0 Å². The molecule has 37 heavy (non-hydrogen) atoms. The summed E-state index contributed by atoms with van der Waals surface area (Å²) in [6.07, 6.45) is 2.11. The van der Waals surface area contributed by atoms with E-state index >= 15 is 0 Å². The number of carbonyl (C=O) groups is 1. The maximum atomic E-state index is 13.6. The van der Waals surface area contributed by atoms with Gasteiger partial charge in [0.25, 0.3) is 0 Å². The van der Waals surface area contributed by atoms with E-state index in [1.54, 1.807) is 24.4 Å². The zero-order valence-corrected chi connectivity index (χ0v) is 20.1. The first-order chi connectivity index (χ1) is 18.1. The number of ether oxygens (including phenoxy) is 2. The lowest BCUT2D eigenvalue weighted by molar-refractivity contribution is -0.200. The number of aliphatic hydroxyl groups excluding tert-OH is 1. The largest absolute Gasteiger partial charge is 0.396 e. The molecule has 3 heterocycles. The van der Waals surface area contributed by atoms with Gasteiger partial charge < -0.3 is 30.2 Å². The average Bonchev–Trinajstić information content (AvgIpc) is 3.34. The normalized spacial score (nSPS) is 17.2. The molecule has 1 aromatic carbocycles. The molecule has 0 aliphatic carbocycles. The fourth-order valence-electron chi connectivity index (χ4n) is 3.74. The Morgan fingerprint density at radius 1 is 1.19 bits per heavy atom. The molecule has 1 aliphatic heterocycles. The number of aromatic amines is 1. The molecule has 194 valence electrons. The highest BCUT2D eigenvalue weighted by Crippen LogP contribution is 2.30. The van der Waals surface area contributed by atoms with Crippen molar-refractivity contribution in [3.8, 4) is 28.7 Å². The number of benzene rings is 1. The Hall–Kier alpha value is -3.92. The smallest absolute Gasteiger partial charge is 0.227 e. The molecule has 4 rings (SSSR count). The average molecular weight is 510 g/mol. The Labute approximate surface area is 213 Å². The second kappa shape index (κ2) is 12.9. The number of halogens is 1. The number of amides is 1. The Kier molecular flexibility index (Phi) is 9.09. The van der Waals surface area contributed by atoms with Crippen molar-refractivity contribution in [2.75, 3.05) is 38.2 Å². The number of H-pyrrole nitrogens is 1. The predicted octanol–water partition coefficient (Wildman–Crippen LogP) is 2.03. The molecule has 11 nitrogen and oxygen atoms in total. The minimum Gasteiger partial charge on any atom is -0.396 e. The van der Waals surface area contributed by atoms with E-state index < -0.39 is 12.2 Å². The van der Waals surface area contributed by atoms with Crippen LogP contribution in [0.15, 0.2) is 36.5 Å². The second-order valence-corrected chi connectivity index (χ2v) is 8.38. The van der Waals surface area contributed by atoms with Crippen LogP contribution in [0.1, 0.15) is 18.7 Å². The highest BCUT2D eigenvalue weighted by Gasteiger charge is 2.28. The molecule has 12 heteroatoms. The molecule has 1 saturated heterocycles. The first-order valence-electron chi connectivity index (χ1n) is 12.0. The van der Waals surface area contributed by atoms with Gasteiger partial charge in [0.05, 0.1) is 55.1 Å². The Balaban J connectivity index is 1.50. The molecule has 1 aliphatic rings. The van der Waals surface area contributed by atoms with Crippen LogP contribution in [0, 0.1) is 23.1 Å². The number of nitrogens with one attached hydrogen (secondary N) is 3. The fourth-order valence-corrected chi connectivity index (χ4v) is 3.74. The SMILES string of the molecule is N#CCCNC(=O)C1COC(Cc2nc(-c3ccc(F)cc3)c(-c3ccnc(NCCCO)n3)[nH]2)OC1. The molecular weight excluding hydrogens is 481 g/mol. The number of aliphatic hydroxyl groups is 1. The molecule has 0 radical (unpaired) electrons. The first kappa shape index (κ1) is 26.2. The van der Waals surface area contributed by atoms with E-state index in [4.69, 9.17) is 24.8 Å². The summed E-state index contributed by atoms with van der Waals surface area (Å²) >= 11 is 0. The van der Waals surface area contributed by atoms with E-state index in [1.165, 1.54) is 12.1 Å². The highest BCUT2D eigenvalue weighted by molar-refractivity contribution is 5.79. The molecule has 2 aromatic heterocycles. The summed E-state index contributed by atoms with van der Waals surface area (Å²) in [5.41, 5.74) is 2.49. The zero-order chi connectivity index (χ0) is 26.0. The highest BCUT2D eigenvalue weighted by atomic mass is 19.1. The quantitative estimate of drug-likeness (QED) is 0.284. The molecule has 0 saturated carbocycles. The molecule has 3 aromatic rings. The lowest BCUT2D eigenvalue weighted by atomic mass is 10.1. The number of nitriles is 1. The van der Waals surface area contributed by atoms with Gasteiger partial charge in [0.2, 0.25) is 11.9 Å². The van der Waals surface area contributed by atoms with Gasteiger partial charge in [-0.1, -0.05) is 0 Å². The van der Waals surface area contributed by atoms with Gasteiger partial charge in [-0.3, -0.25) is 4.79 Å². The van der Waals surface area contributed by atoms with Gasteiger partial charge in [0, 0.05) is 31.5 Å². The van der Waals surface area contributed by atoms with Gasteiger partial charge in [-0.2, -0.15) is 5.26 Å². The van der Waals surface area contributed by atoms with E-state index in [1.807, 2.05) is 6.07 Å². The molecule has 1 fully saturated rings. The number of hydrogen-bond acceptors (Lipinski definition) is 9. The second-order valence-electron chi connectivity index (χ2n) is 8.38. The third-order valence-electron chi connectivity index (χ3n) is 5.63. The van der Waals surface area contributed by atoms with E-state index in [9.17, 15) is 9.18 Å². The number of aromatic nitrogens is 4. The van der Waals surface area contributed by atoms with Gasteiger partial charge in [-0.15, -0.1) is 0 Å². The molecular formula is C25H28FN7O4. The van der Waals surface area contributed by atoms with E-state index in [-0.39, 0.29) is 44.5 Å². The van der Waals surface area contributed by atoms with E-state index in [0.29, 0.717) is 53.8 Å². The predicted molar refractivity (Wildman–Crippen MR) is 131 cm³/mol. The number of nitrogens with zero attached hydrogens (tertiary/aromatic N) is 4. The van der Waals surface area contributed by atoms with Gasteiger partial charge in [-0.25, -0.2) is 19.3 Å². The van der Waals surface area contributed by atoms with Gasteiger partial charge in [0.1, 0.15) is 11.6 Å². The van der Waals surface area contributed by atoms with Crippen molar-refractivity contribution in [3.63, 3.8) is 0 Å². The van der Waals surface area contributed by atoms with E-state index in [0.717, 1.165) is 0 Å². The summed E-state index contributed by atoms with van der Waals surface area (Å²) in [7, 11) is 0. The standard InChI is InChI=1S/C25H28FN7O4/c26-18-5-3-16(4-6-18)22-23(19-7-11-30-25(31-19)29-10-2-12-34)33-20(32-22)13-21-36-14-17(15-37-21)24(35)28-9-1-8-27/h3-7,11,17,21,34H,1-2,9-10,12-15H2,(H,28,35)(H,32,33)(H,29,30,31). The van der Waals surface area contributed by atoms with Crippen LogP contribution >= 0.6 is 0 Å². The zero-order valence-electron chi connectivity index (χ0n) is 20.1. The number of hydrogen-bond donors (Lipinski definition) is 4. The van der Waals surface area contributed by atoms with Crippen LogP contribution in [0.25, 0.3) is 22.6 Å². The Morgan fingerprint density at radius 3 is 2.70 bits per heavy atom. The molecule has 4 N–H and O–H groups in total. The summed E-state index contributed by atoms with van der Waals surface area (Å²) in [6, 6.07) is 9.74. The summed E-state index contributed by atoms with van der Waals surface area (Å²) in [6.45, 7) is 1.25. The lowest BCUT2D eigenvalue weighted by Crippen LogP contribution is -2.42.